The van der Waals surface area contributed by atoms with Gasteiger partial charge in [-0.05, 0) is 19.1 Å². The zero-order valence-corrected chi connectivity index (χ0v) is 14.3. The van der Waals surface area contributed by atoms with Gasteiger partial charge in [-0.2, -0.15) is 0 Å². The topological polar surface area (TPSA) is 84.7 Å². The average molecular weight is 343 g/mol. The number of carbonyl (C=O) groups excluding carboxylic acids is 2. The first-order valence-corrected chi connectivity index (χ1v) is 8.17. The number of aryl methyl sites for hydroxylation is 1. The summed E-state index contributed by atoms with van der Waals surface area (Å²) in [6.07, 6.45) is 1.61. The molecule has 0 radical (unpaired) electrons. The fourth-order valence-corrected chi connectivity index (χ4v) is 2.83. The van der Waals surface area contributed by atoms with E-state index in [2.05, 4.69) is 10.3 Å². The molecule has 0 aliphatic carbocycles. The van der Waals surface area contributed by atoms with Crippen LogP contribution < -0.4 is 5.32 Å². The molecule has 7 nitrogen and oxygen atoms in total. The van der Waals surface area contributed by atoms with Gasteiger partial charge in [0.1, 0.15) is 12.3 Å². The molecule has 1 aliphatic rings. The van der Waals surface area contributed by atoms with E-state index >= 15 is 0 Å². The second kappa shape index (κ2) is 7.48. The Bertz CT molecular complexity index is 754. The molecule has 1 atom stereocenters. The van der Waals surface area contributed by atoms with E-state index in [0.717, 1.165) is 11.3 Å². The number of oxazole rings is 1. The van der Waals surface area contributed by atoms with Crippen molar-refractivity contribution >= 4 is 11.9 Å². The molecule has 1 aliphatic heterocycles. The predicted octanol–water partition coefficient (Wildman–Crippen LogP) is 1.51. The summed E-state index contributed by atoms with van der Waals surface area (Å²) in [5.41, 5.74) is 2.79. The van der Waals surface area contributed by atoms with Crippen molar-refractivity contribution in [3.63, 3.8) is 0 Å². The van der Waals surface area contributed by atoms with Crippen molar-refractivity contribution in [2.45, 2.75) is 25.9 Å². The number of amides is 1. The number of hydrogen-bond donors (Lipinski definition) is 1. The molecule has 0 bridgehead atoms. The van der Waals surface area contributed by atoms with Crippen LogP contribution in [-0.4, -0.2) is 48.0 Å². The van der Waals surface area contributed by atoms with Crippen molar-refractivity contribution < 1.29 is 18.7 Å². The number of carbonyl (C=O) groups is 2. The van der Waals surface area contributed by atoms with Crippen LogP contribution in [0.4, 0.5) is 0 Å². The Morgan fingerprint density at radius 2 is 2.16 bits per heavy atom. The largest absolute Gasteiger partial charge is 0.469 e. The van der Waals surface area contributed by atoms with Gasteiger partial charge in [0, 0.05) is 25.2 Å². The zero-order chi connectivity index (χ0) is 17.8. The van der Waals surface area contributed by atoms with Crippen LogP contribution in [0.1, 0.15) is 17.7 Å². The smallest absolute Gasteiger partial charge is 0.307 e. The lowest BCUT2D eigenvalue weighted by molar-refractivity contribution is -0.146. The van der Waals surface area contributed by atoms with E-state index in [1.54, 1.807) is 6.26 Å². The molecule has 1 aromatic heterocycles. The minimum Gasteiger partial charge on any atom is -0.469 e. The normalized spacial score (nSPS) is 18.0. The summed E-state index contributed by atoms with van der Waals surface area (Å²) in [6, 6.07) is 7.36. The molecule has 2 aromatic rings. The Morgan fingerprint density at radius 3 is 2.88 bits per heavy atom. The standard InChI is InChI=1S/C18H21N3O4/c1-12-3-5-13(6-4-12)18-20-14(11-25-18)10-21-8-7-19-17(23)15(21)9-16(22)24-2/h3-6,11,15H,7-10H2,1-2H3,(H,19,23)/t15-/m1/s1. The summed E-state index contributed by atoms with van der Waals surface area (Å²) in [7, 11) is 1.32. The average Bonchev–Trinajstić information content (AvgIpc) is 3.07. The summed E-state index contributed by atoms with van der Waals surface area (Å²) in [6.45, 7) is 3.64. The lowest BCUT2D eigenvalue weighted by Crippen LogP contribution is -2.55. The van der Waals surface area contributed by atoms with E-state index in [-0.39, 0.29) is 12.3 Å². The number of benzene rings is 1. The van der Waals surface area contributed by atoms with Crippen LogP contribution in [-0.2, 0) is 20.9 Å². The number of aromatic nitrogens is 1. The molecular weight excluding hydrogens is 322 g/mol. The van der Waals surface area contributed by atoms with Gasteiger partial charge >= 0.3 is 5.97 Å². The predicted molar refractivity (Wildman–Crippen MR) is 90.5 cm³/mol. The Kier molecular flexibility index (Phi) is 5.14. The first-order valence-electron chi connectivity index (χ1n) is 8.17. The molecule has 3 rings (SSSR count). The number of hydrogen-bond acceptors (Lipinski definition) is 6. The van der Waals surface area contributed by atoms with Gasteiger partial charge in [-0.25, -0.2) is 4.98 Å². The molecule has 1 fully saturated rings. The minimum atomic E-state index is -0.555. The van der Waals surface area contributed by atoms with Gasteiger partial charge in [0.05, 0.1) is 19.2 Å². The molecule has 7 heteroatoms. The molecule has 0 spiro atoms. The molecule has 1 N–H and O–H groups in total. The maximum atomic E-state index is 12.1. The van der Waals surface area contributed by atoms with Gasteiger partial charge in [-0.15, -0.1) is 0 Å². The van der Waals surface area contributed by atoms with Gasteiger partial charge in [-0.3, -0.25) is 14.5 Å². The maximum Gasteiger partial charge on any atom is 0.307 e. The quantitative estimate of drug-likeness (QED) is 0.829. The lowest BCUT2D eigenvalue weighted by atomic mass is 10.1. The number of nitrogens with zero attached hydrogens (tertiary/aromatic N) is 2. The summed E-state index contributed by atoms with van der Waals surface area (Å²) in [4.78, 5) is 30.1. The van der Waals surface area contributed by atoms with Crippen LogP contribution in [0, 0.1) is 6.92 Å². The molecule has 1 saturated heterocycles. The molecule has 0 unspecified atom stereocenters. The number of nitrogens with one attached hydrogen (secondary N) is 1. The number of esters is 1. The number of ether oxygens (including phenoxy) is 1. The van der Waals surface area contributed by atoms with E-state index in [1.807, 2.05) is 36.1 Å². The van der Waals surface area contributed by atoms with E-state index in [9.17, 15) is 9.59 Å². The van der Waals surface area contributed by atoms with Crippen LogP contribution in [0.15, 0.2) is 34.9 Å². The van der Waals surface area contributed by atoms with Crippen molar-refractivity contribution in [2.75, 3.05) is 20.2 Å². The Hall–Kier alpha value is -2.67. The maximum absolute atomic E-state index is 12.1. The van der Waals surface area contributed by atoms with E-state index in [1.165, 1.54) is 12.7 Å². The second-order valence-electron chi connectivity index (χ2n) is 6.07. The number of piperazine rings is 1. The summed E-state index contributed by atoms with van der Waals surface area (Å²) < 4.78 is 10.3. The van der Waals surface area contributed by atoms with Crippen molar-refractivity contribution in [3.8, 4) is 11.5 Å². The lowest BCUT2D eigenvalue weighted by Gasteiger charge is -2.33. The molecule has 1 aromatic carbocycles. The van der Waals surface area contributed by atoms with E-state index in [0.29, 0.717) is 25.5 Å². The van der Waals surface area contributed by atoms with E-state index in [4.69, 9.17) is 9.15 Å². The van der Waals surface area contributed by atoms with Crippen LogP contribution in [0.5, 0.6) is 0 Å². The van der Waals surface area contributed by atoms with Gasteiger partial charge in [-0.1, -0.05) is 17.7 Å². The SMILES string of the molecule is COC(=O)C[C@@H]1C(=O)NCCN1Cc1coc(-c2ccc(C)cc2)n1. The van der Waals surface area contributed by atoms with Gasteiger partial charge in [0.15, 0.2) is 0 Å². The summed E-state index contributed by atoms with van der Waals surface area (Å²) >= 11 is 0. The third-order valence-corrected chi connectivity index (χ3v) is 4.24. The second-order valence-corrected chi connectivity index (χ2v) is 6.07. The third kappa shape index (κ3) is 4.06. The highest BCUT2D eigenvalue weighted by Gasteiger charge is 2.32. The van der Waals surface area contributed by atoms with Crippen LogP contribution in [0.25, 0.3) is 11.5 Å². The van der Waals surface area contributed by atoms with Gasteiger partial charge in [0.2, 0.25) is 11.8 Å². The fourth-order valence-electron chi connectivity index (χ4n) is 2.83. The number of methoxy groups -OCH3 is 1. The van der Waals surface area contributed by atoms with Crippen LogP contribution >= 0.6 is 0 Å². The highest BCUT2D eigenvalue weighted by atomic mass is 16.5. The molecule has 132 valence electrons. The monoisotopic (exact) mass is 343 g/mol. The Balaban J connectivity index is 1.73. The third-order valence-electron chi connectivity index (χ3n) is 4.24. The fraction of sp³-hybridized carbons (Fsp3) is 0.389. The highest BCUT2D eigenvalue weighted by molar-refractivity contribution is 5.87. The van der Waals surface area contributed by atoms with Crippen molar-refractivity contribution in [2.24, 2.45) is 0 Å². The molecule has 2 heterocycles. The Labute approximate surface area is 146 Å². The van der Waals surface area contributed by atoms with Gasteiger partial charge < -0.3 is 14.5 Å². The van der Waals surface area contributed by atoms with Crippen LogP contribution in [0.2, 0.25) is 0 Å². The van der Waals surface area contributed by atoms with Crippen molar-refractivity contribution in [1.29, 1.82) is 0 Å². The van der Waals surface area contributed by atoms with Crippen molar-refractivity contribution in [3.05, 3.63) is 41.8 Å². The molecule has 1 amide bonds. The molecular formula is C18H21N3O4. The van der Waals surface area contributed by atoms with Gasteiger partial charge in [0.25, 0.3) is 0 Å². The first kappa shape index (κ1) is 17.2. The van der Waals surface area contributed by atoms with E-state index < -0.39 is 12.0 Å². The zero-order valence-electron chi connectivity index (χ0n) is 14.3. The highest BCUT2D eigenvalue weighted by Crippen LogP contribution is 2.21. The Morgan fingerprint density at radius 1 is 1.40 bits per heavy atom. The summed E-state index contributed by atoms with van der Waals surface area (Å²) in [5.74, 6) is -0.0348. The minimum absolute atomic E-state index is 0.0189. The van der Waals surface area contributed by atoms with Crippen LogP contribution in [0.3, 0.4) is 0 Å². The number of rotatable bonds is 5. The first-order chi connectivity index (χ1) is 12.1. The molecule has 25 heavy (non-hydrogen) atoms. The summed E-state index contributed by atoms with van der Waals surface area (Å²) in [5, 5.41) is 2.78. The van der Waals surface area contributed by atoms with Crippen molar-refractivity contribution in [1.82, 2.24) is 15.2 Å². The molecule has 0 saturated carbocycles.